The highest BCUT2D eigenvalue weighted by atomic mass is 19.1. The maximum absolute atomic E-state index is 12.7. The molecule has 0 saturated heterocycles. The monoisotopic (exact) mass is 217 g/mol. The first-order chi connectivity index (χ1) is 7.75. The molecule has 0 amide bonds. The van der Waals surface area contributed by atoms with Crippen molar-refractivity contribution < 1.29 is 4.39 Å². The first-order valence-electron chi connectivity index (χ1n) is 5.04. The van der Waals surface area contributed by atoms with E-state index in [-0.39, 0.29) is 11.9 Å². The summed E-state index contributed by atoms with van der Waals surface area (Å²) in [6, 6.07) is 6.47. The quantitative estimate of drug-likeness (QED) is 0.859. The largest absolute Gasteiger partial charge is 0.362 e. The average molecular weight is 217 g/mol. The van der Waals surface area contributed by atoms with Gasteiger partial charge < -0.3 is 5.32 Å². The molecule has 4 heteroatoms. The van der Waals surface area contributed by atoms with Crippen molar-refractivity contribution in [2.75, 3.05) is 5.32 Å². The van der Waals surface area contributed by atoms with Crippen LogP contribution in [0.4, 0.5) is 10.2 Å². The highest BCUT2D eigenvalue weighted by Crippen LogP contribution is 2.17. The predicted octanol–water partition coefficient (Wildman–Crippen LogP) is 2.79. The van der Waals surface area contributed by atoms with Crippen molar-refractivity contribution in [3.05, 3.63) is 54.2 Å². The Hall–Kier alpha value is -1.97. The Bertz CT molecular complexity index is 442. The van der Waals surface area contributed by atoms with Crippen molar-refractivity contribution in [3.63, 3.8) is 0 Å². The smallest absolute Gasteiger partial charge is 0.144 e. The molecule has 3 nitrogen and oxygen atoms in total. The molecule has 1 unspecified atom stereocenters. The van der Waals surface area contributed by atoms with E-state index in [1.54, 1.807) is 30.7 Å². The van der Waals surface area contributed by atoms with Crippen LogP contribution in [0.5, 0.6) is 0 Å². The van der Waals surface area contributed by atoms with Crippen molar-refractivity contribution in [2.45, 2.75) is 13.0 Å². The minimum Gasteiger partial charge on any atom is -0.362 e. The maximum Gasteiger partial charge on any atom is 0.144 e. The van der Waals surface area contributed by atoms with E-state index in [2.05, 4.69) is 15.3 Å². The van der Waals surface area contributed by atoms with Crippen LogP contribution in [0.3, 0.4) is 0 Å². The van der Waals surface area contributed by atoms with Crippen LogP contribution in [0.15, 0.2) is 42.9 Å². The molecule has 16 heavy (non-hydrogen) atoms. The van der Waals surface area contributed by atoms with Crippen LogP contribution in [0.1, 0.15) is 18.5 Å². The van der Waals surface area contributed by atoms with Gasteiger partial charge >= 0.3 is 0 Å². The van der Waals surface area contributed by atoms with Gasteiger partial charge in [0, 0.05) is 18.4 Å². The first kappa shape index (κ1) is 10.5. The van der Waals surface area contributed by atoms with Gasteiger partial charge in [-0.3, -0.25) is 4.98 Å². The zero-order valence-corrected chi connectivity index (χ0v) is 8.89. The van der Waals surface area contributed by atoms with Gasteiger partial charge in [0.1, 0.15) is 11.6 Å². The topological polar surface area (TPSA) is 37.8 Å². The van der Waals surface area contributed by atoms with Crippen LogP contribution in [-0.4, -0.2) is 9.97 Å². The minimum absolute atomic E-state index is 0.0669. The average Bonchev–Trinajstić information content (AvgIpc) is 2.31. The Morgan fingerprint density at radius 2 is 1.94 bits per heavy atom. The summed E-state index contributed by atoms with van der Waals surface area (Å²) in [5, 5.41) is 3.18. The molecule has 1 atom stereocenters. The number of nitrogens with zero attached hydrogens (tertiary/aromatic N) is 2. The molecule has 0 spiro atoms. The number of benzene rings is 1. The van der Waals surface area contributed by atoms with Gasteiger partial charge in [-0.05, 0) is 24.6 Å². The van der Waals surface area contributed by atoms with Crippen LogP contribution >= 0.6 is 0 Å². The summed E-state index contributed by atoms with van der Waals surface area (Å²) in [5.41, 5.74) is 1.01. The van der Waals surface area contributed by atoms with Gasteiger partial charge in [-0.15, -0.1) is 0 Å². The summed E-state index contributed by atoms with van der Waals surface area (Å²) in [5.74, 6) is 0.481. The van der Waals surface area contributed by atoms with Crippen LogP contribution in [-0.2, 0) is 0 Å². The number of hydrogen-bond donors (Lipinski definition) is 1. The van der Waals surface area contributed by atoms with Gasteiger partial charge in [-0.2, -0.15) is 0 Å². The highest BCUT2D eigenvalue weighted by molar-refractivity contribution is 5.35. The highest BCUT2D eigenvalue weighted by Gasteiger charge is 2.05. The lowest BCUT2D eigenvalue weighted by atomic mass is 10.1. The van der Waals surface area contributed by atoms with Crippen molar-refractivity contribution in [1.29, 1.82) is 0 Å². The molecule has 0 fully saturated rings. The van der Waals surface area contributed by atoms with E-state index in [0.29, 0.717) is 5.82 Å². The Kier molecular flexibility index (Phi) is 3.10. The fourth-order valence-corrected chi connectivity index (χ4v) is 1.43. The normalized spacial score (nSPS) is 12.1. The SMILES string of the molecule is CC(Nc1cnccn1)c1ccc(F)cc1. The number of aromatic nitrogens is 2. The first-order valence-corrected chi connectivity index (χ1v) is 5.04. The molecular formula is C12H12FN3. The molecule has 1 aromatic carbocycles. The molecule has 0 saturated carbocycles. The van der Waals surface area contributed by atoms with Crippen LogP contribution < -0.4 is 5.32 Å². The summed E-state index contributed by atoms with van der Waals surface area (Å²) >= 11 is 0. The second-order valence-electron chi connectivity index (χ2n) is 3.51. The molecule has 2 aromatic rings. The third-order valence-electron chi connectivity index (χ3n) is 2.30. The number of hydrogen-bond acceptors (Lipinski definition) is 3. The third kappa shape index (κ3) is 2.53. The van der Waals surface area contributed by atoms with Crippen LogP contribution in [0.2, 0.25) is 0 Å². The molecule has 82 valence electrons. The molecule has 2 rings (SSSR count). The van der Waals surface area contributed by atoms with Gasteiger partial charge in [0.2, 0.25) is 0 Å². The van der Waals surface area contributed by atoms with Crippen LogP contribution in [0, 0.1) is 5.82 Å². The van der Waals surface area contributed by atoms with Gasteiger partial charge in [0.15, 0.2) is 0 Å². The van der Waals surface area contributed by atoms with E-state index >= 15 is 0 Å². The maximum atomic E-state index is 12.7. The molecule has 0 radical (unpaired) electrons. The van der Waals surface area contributed by atoms with Gasteiger partial charge in [-0.1, -0.05) is 12.1 Å². The zero-order chi connectivity index (χ0) is 11.4. The fourth-order valence-electron chi connectivity index (χ4n) is 1.43. The van der Waals surface area contributed by atoms with Crippen molar-refractivity contribution >= 4 is 5.82 Å². The third-order valence-corrected chi connectivity index (χ3v) is 2.30. The van der Waals surface area contributed by atoms with E-state index < -0.39 is 0 Å². The zero-order valence-electron chi connectivity index (χ0n) is 8.89. The molecule has 1 heterocycles. The van der Waals surface area contributed by atoms with Crippen molar-refractivity contribution in [3.8, 4) is 0 Å². The molecule has 0 aliphatic rings. The fraction of sp³-hybridized carbons (Fsp3) is 0.167. The summed E-state index contributed by atoms with van der Waals surface area (Å²) in [4.78, 5) is 8.07. The summed E-state index contributed by atoms with van der Waals surface area (Å²) in [6.45, 7) is 1.99. The summed E-state index contributed by atoms with van der Waals surface area (Å²) < 4.78 is 12.7. The van der Waals surface area contributed by atoms with E-state index in [0.717, 1.165) is 5.56 Å². The van der Waals surface area contributed by atoms with E-state index in [9.17, 15) is 4.39 Å². The Labute approximate surface area is 93.4 Å². The van der Waals surface area contributed by atoms with E-state index in [1.165, 1.54) is 12.1 Å². The molecule has 0 aliphatic heterocycles. The molecule has 0 bridgehead atoms. The lowest BCUT2D eigenvalue weighted by molar-refractivity contribution is 0.626. The number of halogens is 1. The lowest BCUT2D eigenvalue weighted by Gasteiger charge is -2.14. The van der Waals surface area contributed by atoms with E-state index in [1.807, 2.05) is 6.92 Å². The number of nitrogens with one attached hydrogen (secondary N) is 1. The number of anilines is 1. The molecular weight excluding hydrogens is 205 g/mol. The standard InChI is InChI=1S/C12H12FN3/c1-9(10-2-4-11(13)5-3-10)16-12-8-14-6-7-15-12/h2-9H,1H3,(H,15,16). The summed E-state index contributed by atoms with van der Waals surface area (Å²) in [7, 11) is 0. The Morgan fingerprint density at radius 1 is 1.19 bits per heavy atom. The van der Waals surface area contributed by atoms with Crippen molar-refractivity contribution in [1.82, 2.24) is 9.97 Å². The van der Waals surface area contributed by atoms with Gasteiger partial charge in [0.25, 0.3) is 0 Å². The van der Waals surface area contributed by atoms with Gasteiger partial charge in [-0.25, -0.2) is 9.37 Å². The second-order valence-corrected chi connectivity index (χ2v) is 3.51. The Morgan fingerprint density at radius 3 is 2.56 bits per heavy atom. The van der Waals surface area contributed by atoms with Gasteiger partial charge in [0.05, 0.1) is 6.20 Å². The Balaban J connectivity index is 2.09. The summed E-state index contributed by atoms with van der Waals surface area (Å²) in [6.07, 6.45) is 4.90. The molecule has 0 aliphatic carbocycles. The molecule has 1 aromatic heterocycles. The van der Waals surface area contributed by atoms with Crippen LogP contribution in [0.25, 0.3) is 0 Å². The predicted molar refractivity (Wildman–Crippen MR) is 60.5 cm³/mol. The minimum atomic E-state index is -0.226. The van der Waals surface area contributed by atoms with Crippen molar-refractivity contribution in [2.24, 2.45) is 0 Å². The number of rotatable bonds is 3. The second kappa shape index (κ2) is 4.70. The van der Waals surface area contributed by atoms with E-state index in [4.69, 9.17) is 0 Å². The molecule has 1 N–H and O–H groups in total. The lowest BCUT2D eigenvalue weighted by Crippen LogP contribution is -2.07.